The number of hydrogen-bond acceptors (Lipinski definition) is 0. The van der Waals surface area contributed by atoms with Crippen LogP contribution in [-0.4, -0.2) is 5.33 Å². The summed E-state index contributed by atoms with van der Waals surface area (Å²) in [5.41, 5.74) is 1.76. The molecule has 1 aromatic rings. The molecule has 0 spiro atoms. The maximum atomic E-state index is 6.25. The lowest BCUT2D eigenvalue weighted by atomic mass is 9.72. The van der Waals surface area contributed by atoms with Crippen LogP contribution < -0.4 is 0 Å². The summed E-state index contributed by atoms with van der Waals surface area (Å²) in [5, 5.41) is 2.03. The Kier molecular flexibility index (Phi) is 4.32. The number of halogens is 2. The van der Waals surface area contributed by atoms with E-state index in [4.69, 9.17) is 11.6 Å². The molecule has 0 atom stereocenters. The highest BCUT2D eigenvalue weighted by Crippen LogP contribution is 2.41. The standard InChI is InChI=1S/C14H18BrCl/c15-11-14(8-4-1-5-9-14)10-12-6-2-3-7-13(12)16/h2-3,6-7H,1,4-5,8-11H2. The molecule has 1 aromatic carbocycles. The Morgan fingerprint density at radius 2 is 1.81 bits per heavy atom. The highest BCUT2D eigenvalue weighted by molar-refractivity contribution is 9.09. The smallest absolute Gasteiger partial charge is 0.0438 e. The van der Waals surface area contributed by atoms with Crippen LogP contribution in [0, 0.1) is 5.41 Å². The van der Waals surface area contributed by atoms with Gasteiger partial charge in [0.2, 0.25) is 0 Å². The Bertz CT molecular complexity index is 342. The van der Waals surface area contributed by atoms with Crippen LogP contribution in [0.1, 0.15) is 37.7 Å². The van der Waals surface area contributed by atoms with Crippen molar-refractivity contribution in [1.82, 2.24) is 0 Å². The van der Waals surface area contributed by atoms with Crippen molar-refractivity contribution in [2.75, 3.05) is 5.33 Å². The van der Waals surface area contributed by atoms with Gasteiger partial charge in [-0.05, 0) is 36.3 Å². The average molecular weight is 302 g/mol. The van der Waals surface area contributed by atoms with Crippen LogP contribution in [0.25, 0.3) is 0 Å². The van der Waals surface area contributed by atoms with Crippen molar-refractivity contribution in [3.05, 3.63) is 34.9 Å². The van der Waals surface area contributed by atoms with Gasteiger partial charge in [0.1, 0.15) is 0 Å². The molecular formula is C14H18BrCl. The molecule has 0 heterocycles. The van der Waals surface area contributed by atoms with E-state index in [1.165, 1.54) is 37.7 Å². The third-order valence-electron chi connectivity index (χ3n) is 3.72. The Balaban J connectivity index is 2.15. The minimum atomic E-state index is 0.448. The molecule has 0 aromatic heterocycles. The highest BCUT2D eigenvalue weighted by atomic mass is 79.9. The second kappa shape index (κ2) is 5.55. The first-order valence-corrected chi connectivity index (χ1v) is 7.55. The number of benzene rings is 1. The SMILES string of the molecule is Clc1ccccc1CC1(CBr)CCCCC1. The zero-order chi connectivity index (χ0) is 11.4. The maximum absolute atomic E-state index is 6.25. The van der Waals surface area contributed by atoms with Crippen LogP contribution in [0.2, 0.25) is 5.02 Å². The molecule has 1 saturated carbocycles. The van der Waals surface area contributed by atoms with Crippen LogP contribution in [0.5, 0.6) is 0 Å². The molecule has 0 saturated heterocycles. The van der Waals surface area contributed by atoms with Gasteiger partial charge >= 0.3 is 0 Å². The first kappa shape index (κ1) is 12.4. The molecule has 0 amide bonds. The fourth-order valence-corrected chi connectivity index (χ4v) is 3.67. The van der Waals surface area contributed by atoms with Gasteiger partial charge in [-0.1, -0.05) is 65.0 Å². The van der Waals surface area contributed by atoms with E-state index >= 15 is 0 Å². The summed E-state index contributed by atoms with van der Waals surface area (Å²) in [4.78, 5) is 0. The van der Waals surface area contributed by atoms with Crippen LogP contribution in [0.4, 0.5) is 0 Å². The fraction of sp³-hybridized carbons (Fsp3) is 0.571. The zero-order valence-corrected chi connectivity index (χ0v) is 11.9. The van der Waals surface area contributed by atoms with Crippen molar-refractivity contribution in [3.63, 3.8) is 0 Å². The van der Waals surface area contributed by atoms with E-state index in [1.54, 1.807) is 0 Å². The van der Waals surface area contributed by atoms with Gasteiger partial charge in [-0.25, -0.2) is 0 Å². The van der Waals surface area contributed by atoms with E-state index in [2.05, 4.69) is 28.1 Å². The Morgan fingerprint density at radius 3 is 2.44 bits per heavy atom. The van der Waals surface area contributed by atoms with Gasteiger partial charge in [-0.2, -0.15) is 0 Å². The zero-order valence-electron chi connectivity index (χ0n) is 9.52. The molecule has 1 aliphatic rings. The van der Waals surface area contributed by atoms with Crippen molar-refractivity contribution >= 4 is 27.5 Å². The van der Waals surface area contributed by atoms with Gasteiger partial charge in [0.25, 0.3) is 0 Å². The molecular weight excluding hydrogens is 284 g/mol. The molecule has 0 nitrogen and oxygen atoms in total. The maximum Gasteiger partial charge on any atom is 0.0438 e. The van der Waals surface area contributed by atoms with Crippen LogP contribution >= 0.6 is 27.5 Å². The molecule has 0 bridgehead atoms. The summed E-state index contributed by atoms with van der Waals surface area (Å²) >= 11 is 9.95. The second-order valence-corrected chi connectivity index (χ2v) is 5.93. The monoisotopic (exact) mass is 300 g/mol. The molecule has 16 heavy (non-hydrogen) atoms. The Hall–Kier alpha value is -0.0100. The van der Waals surface area contributed by atoms with Gasteiger partial charge in [0, 0.05) is 10.4 Å². The van der Waals surface area contributed by atoms with E-state index in [0.29, 0.717) is 5.41 Å². The molecule has 1 aliphatic carbocycles. The molecule has 0 unspecified atom stereocenters. The molecule has 0 N–H and O–H groups in total. The lowest BCUT2D eigenvalue weighted by Crippen LogP contribution is -2.28. The van der Waals surface area contributed by atoms with Crippen molar-refractivity contribution in [2.45, 2.75) is 38.5 Å². The Labute approximate surface area is 112 Å². The molecule has 1 fully saturated rings. The van der Waals surface area contributed by atoms with E-state index in [1.807, 2.05) is 12.1 Å². The van der Waals surface area contributed by atoms with Crippen LogP contribution in [-0.2, 0) is 6.42 Å². The van der Waals surface area contributed by atoms with E-state index in [-0.39, 0.29) is 0 Å². The molecule has 2 heteroatoms. The summed E-state index contributed by atoms with van der Waals surface area (Å²) in [7, 11) is 0. The lowest BCUT2D eigenvalue weighted by Gasteiger charge is -2.36. The predicted octanol–water partition coefficient (Wildman–Crippen LogP) is 5.23. The van der Waals surface area contributed by atoms with Crippen LogP contribution in [0.3, 0.4) is 0 Å². The van der Waals surface area contributed by atoms with E-state index < -0.39 is 0 Å². The summed E-state index contributed by atoms with van der Waals surface area (Å²) in [6.45, 7) is 0. The van der Waals surface area contributed by atoms with Gasteiger partial charge in [0.15, 0.2) is 0 Å². The molecule has 2 rings (SSSR count). The predicted molar refractivity (Wildman–Crippen MR) is 74.5 cm³/mol. The van der Waals surface area contributed by atoms with Crippen molar-refractivity contribution < 1.29 is 0 Å². The van der Waals surface area contributed by atoms with E-state index in [9.17, 15) is 0 Å². The average Bonchev–Trinajstić information content (AvgIpc) is 2.33. The topological polar surface area (TPSA) is 0 Å². The molecule has 0 radical (unpaired) electrons. The van der Waals surface area contributed by atoms with Gasteiger partial charge in [0.05, 0.1) is 0 Å². The number of rotatable bonds is 3. The fourth-order valence-electron chi connectivity index (χ4n) is 2.71. The summed E-state index contributed by atoms with van der Waals surface area (Å²) in [6, 6.07) is 8.27. The summed E-state index contributed by atoms with van der Waals surface area (Å²) < 4.78 is 0. The van der Waals surface area contributed by atoms with Crippen LogP contribution in [0.15, 0.2) is 24.3 Å². The molecule has 0 aliphatic heterocycles. The quantitative estimate of drug-likeness (QED) is 0.671. The van der Waals surface area contributed by atoms with Crippen molar-refractivity contribution in [3.8, 4) is 0 Å². The summed E-state index contributed by atoms with van der Waals surface area (Å²) in [5.74, 6) is 0. The van der Waals surface area contributed by atoms with E-state index in [0.717, 1.165) is 16.8 Å². The van der Waals surface area contributed by atoms with Gasteiger partial charge in [-0.3, -0.25) is 0 Å². The third kappa shape index (κ3) is 2.81. The largest absolute Gasteiger partial charge is 0.0922 e. The minimum absolute atomic E-state index is 0.448. The number of hydrogen-bond donors (Lipinski definition) is 0. The Morgan fingerprint density at radius 1 is 1.12 bits per heavy atom. The van der Waals surface area contributed by atoms with Crippen molar-refractivity contribution in [1.29, 1.82) is 0 Å². The van der Waals surface area contributed by atoms with Gasteiger partial charge < -0.3 is 0 Å². The first-order chi connectivity index (χ1) is 7.76. The summed E-state index contributed by atoms with van der Waals surface area (Å²) in [6.07, 6.45) is 7.94. The number of alkyl halides is 1. The molecule has 88 valence electrons. The third-order valence-corrected chi connectivity index (χ3v) is 5.28. The first-order valence-electron chi connectivity index (χ1n) is 6.05. The minimum Gasteiger partial charge on any atom is -0.0922 e. The second-order valence-electron chi connectivity index (χ2n) is 4.96. The van der Waals surface area contributed by atoms with Crippen molar-refractivity contribution in [2.24, 2.45) is 5.41 Å². The lowest BCUT2D eigenvalue weighted by molar-refractivity contribution is 0.223. The normalized spacial score (nSPS) is 19.6. The highest BCUT2D eigenvalue weighted by Gasteiger charge is 2.31. The van der Waals surface area contributed by atoms with Gasteiger partial charge in [-0.15, -0.1) is 0 Å².